The van der Waals surface area contributed by atoms with Crippen molar-refractivity contribution in [1.29, 1.82) is 0 Å². The first-order valence-electron chi connectivity index (χ1n) is 8.41. The van der Waals surface area contributed by atoms with Gasteiger partial charge in [0.25, 0.3) is 0 Å². The largest absolute Gasteiger partial charge is 0.504 e. The van der Waals surface area contributed by atoms with Gasteiger partial charge in [0.1, 0.15) is 11.3 Å². The number of benzene rings is 1. The van der Waals surface area contributed by atoms with Crippen LogP contribution in [0.3, 0.4) is 0 Å². The van der Waals surface area contributed by atoms with Crippen LogP contribution in [-0.2, 0) is 4.79 Å². The van der Waals surface area contributed by atoms with E-state index in [1.807, 2.05) is 0 Å². The van der Waals surface area contributed by atoms with Gasteiger partial charge < -0.3 is 29.2 Å². The van der Waals surface area contributed by atoms with Crippen LogP contribution in [0.5, 0.6) is 17.2 Å². The van der Waals surface area contributed by atoms with Gasteiger partial charge in [-0.2, -0.15) is 0 Å². The molecule has 0 radical (unpaired) electrons. The third kappa shape index (κ3) is 4.74. The van der Waals surface area contributed by atoms with Gasteiger partial charge in [-0.15, -0.1) is 0 Å². The monoisotopic (exact) mass is 366 g/mol. The molecule has 1 atom stereocenters. The maximum atomic E-state index is 12.0. The number of rotatable bonds is 9. The second kappa shape index (κ2) is 9.21. The van der Waals surface area contributed by atoms with Gasteiger partial charge >= 0.3 is 11.6 Å². The Hall–Kier alpha value is -2.58. The summed E-state index contributed by atoms with van der Waals surface area (Å²) in [5.41, 5.74) is -0.848. The Balaban J connectivity index is 2.19. The molecule has 0 saturated heterocycles. The second-order valence-corrected chi connectivity index (χ2v) is 5.75. The molecule has 0 bridgehead atoms. The van der Waals surface area contributed by atoms with Crippen LogP contribution in [0.25, 0.3) is 11.0 Å². The van der Waals surface area contributed by atoms with Gasteiger partial charge in [-0.1, -0.05) is 26.2 Å². The lowest BCUT2D eigenvalue weighted by Gasteiger charge is -2.10. The van der Waals surface area contributed by atoms with Gasteiger partial charge in [-0.25, -0.2) is 9.59 Å². The lowest BCUT2D eigenvalue weighted by atomic mass is 10.2. The summed E-state index contributed by atoms with van der Waals surface area (Å²) in [7, 11) is 0. The van der Waals surface area contributed by atoms with E-state index < -0.39 is 24.3 Å². The maximum Gasteiger partial charge on any atom is 0.383 e. The molecule has 1 unspecified atom stereocenters. The van der Waals surface area contributed by atoms with Crippen molar-refractivity contribution in [3.05, 3.63) is 28.6 Å². The third-order valence-corrected chi connectivity index (χ3v) is 3.72. The lowest BCUT2D eigenvalue weighted by molar-refractivity contribution is -0.145. The van der Waals surface area contributed by atoms with Crippen molar-refractivity contribution in [3.8, 4) is 17.2 Å². The summed E-state index contributed by atoms with van der Waals surface area (Å²) in [6.45, 7) is 1.60. The number of hydrogen-bond donors (Lipinski definition) is 3. The second-order valence-electron chi connectivity index (χ2n) is 5.75. The first-order valence-corrected chi connectivity index (χ1v) is 8.41. The molecule has 26 heavy (non-hydrogen) atoms. The third-order valence-electron chi connectivity index (χ3n) is 3.72. The molecule has 1 heterocycles. The zero-order valence-electron chi connectivity index (χ0n) is 14.4. The number of aliphatic hydroxyl groups is 2. The molecule has 1 aromatic carbocycles. The molecule has 8 nitrogen and oxygen atoms in total. The topological polar surface area (TPSA) is 126 Å². The average Bonchev–Trinajstić information content (AvgIpc) is 2.62. The molecule has 2 aromatic rings. The Labute approximate surface area is 149 Å². The molecule has 0 aliphatic rings. The first kappa shape index (κ1) is 19.7. The summed E-state index contributed by atoms with van der Waals surface area (Å²) in [5, 5.41) is 28.4. The summed E-state index contributed by atoms with van der Waals surface area (Å²) in [6.07, 6.45) is 2.19. The fourth-order valence-corrected chi connectivity index (χ4v) is 2.30. The van der Waals surface area contributed by atoms with Gasteiger partial charge in [0.05, 0.1) is 18.6 Å². The van der Waals surface area contributed by atoms with Crippen molar-refractivity contribution in [2.45, 2.75) is 38.7 Å². The molecule has 1 aromatic heterocycles. The molecule has 0 aliphatic heterocycles. The van der Waals surface area contributed by atoms with Gasteiger partial charge in [0.15, 0.2) is 11.9 Å². The predicted octanol–water partition coefficient (Wildman–Crippen LogP) is 1.72. The number of aromatic hydroxyl groups is 1. The maximum absolute atomic E-state index is 12.0. The quantitative estimate of drug-likeness (QED) is 0.265. The lowest BCUT2D eigenvalue weighted by Crippen LogP contribution is -2.28. The minimum absolute atomic E-state index is 0.00498. The number of unbranched alkanes of at least 4 members (excludes halogenated alkanes) is 3. The highest BCUT2D eigenvalue weighted by Crippen LogP contribution is 2.33. The number of hydrogen-bond acceptors (Lipinski definition) is 8. The van der Waals surface area contributed by atoms with E-state index in [0.717, 1.165) is 25.7 Å². The number of fused-ring (bicyclic) bond motifs is 1. The summed E-state index contributed by atoms with van der Waals surface area (Å²) in [5.74, 6) is -1.66. The molecule has 0 fully saturated rings. The Morgan fingerprint density at radius 1 is 1.27 bits per heavy atom. The molecule has 3 N–H and O–H groups in total. The van der Waals surface area contributed by atoms with Crippen molar-refractivity contribution in [1.82, 2.24) is 0 Å². The van der Waals surface area contributed by atoms with E-state index in [1.165, 1.54) is 18.2 Å². The van der Waals surface area contributed by atoms with Crippen molar-refractivity contribution in [3.63, 3.8) is 0 Å². The zero-order valence-corrected chi connectivity index (χ0v) is 14.4. The van der Waals surface area contributed by atoms with Gasteiger partial charge in [-0.05, 0) is 18.6 Å². The summed E-state index contributed by atoms with van der Waals surface area (Å²) < 4.78 is 15.3. The van der Waals surface area contributed by atoms with Crippen LogP contribution >= 0.6 is 0 Å². The number of ether oxygens (including phenoxy) is 2. The number of carbonyl (C=O) groups excluding carboxylic acids is 1. The van der Waals surface area contributed by atoms with Gasteiger partial charge in [-0.3, -0.25) is 0 Å². The number of esters is 1. The number of aliphatic hydroxyl groups excluding tert-OH is 2. The van der Waals surface area contributed by atoms with Gasteiger partial charge in [0, 0.05) is 6.07 Å². The van der Waals surface area contributed by atoms with Crippen LogP contribution < -0.4 is 15.1 Å². The normalized spacial score (nSPS) is 12.1. The highest BCUT2D eigenvalue weighted by atomic mass is 16.6. The van der Waals surface area contributed by atoms with Crippen molar-refractivity contribution in [2.24, 2.45) is 0 Å². The van der Waals surface area contributed by atoms with Crippen LogP contribution in [0.15, 0.2) is 27.4 Å². The number of carbonyl (C=O) groups is 1. The van der Waals surface area contributed by atoms with Crippen LogP contribution in [0.4, 0.5) is 0 Å². The van der Waals surface area contributed by atoms with Crippen LogP contribution in [-0.4, -0.2) is 40.6 Å². The van der Waals surface area contributed by atoms with Crippen LogP contribution in [0.2, 0.25) is 0 Å². The highest BCUT2D eigenvalue weighted by molar-refractivity contribution is 5.87. The molecular weight excluding hydrogens is 344 g/mol. The summed E-state index contributed by atoms with van der Waals surface area (Å²) in [4.78, 5) is 23.5. The first-order chi connectivity index (χ1) is 12.5. The molecule has 0 amide bonds. The smallest absolute Gasteiger partial charge is 0.383 e. The van der Waals surface area contributed by atoms with E-state index in [4.69, 9.17) is 19.0 Å². The minimum atomic E-state index is -1.67. The van der Waals surface area contributed by atoms with E-state index in [0.29, 0.717) is 6.61 Å². The molecule has 0 spiro atoms. The van der Waals surface area contributed by atoms with E-state index in [2.05, 4.69) is 6.92 Å². The fraction of sp³-hybridized carbons (Fsp3) is 0.444. The van der Waals surface area contributed by atoms with E-state index in [9.17, 15) is 19.8 Å². The Morgan fingerprint density at radius 2 is 2.04 bits per heavy atom. The van der Waals surface area contributed by atoms with Gasteiger partial charge in [0.2, 0.25) is 5.75 Å². The van der Waals surface area contributed by atoms with Crippen LogP contribution in [0.1, 0.15) is 32.6 Å². The molecule has 8 heteroatoms. The van der Waals surface area contributed by atoms with Crippen molar-refractivity contribution >= 4 is 16.9 Å². The summed E-state index contributed by atoms with van der Waals surface area (Å²) in [6, 6.07) is 3.98. The average molecular weight is 366 g/mol. The highest BCUT2D eigenvalue weighted by Gasteiger charge is 2.19. The SMILES string of the molecule is CCCCCCOc1c(O)c2ccc(OC(=O)C(O)CO)cc2oc1=O. The van der Waals surface area contributed by atoms with Crippen molar-refractivity contribution in [2.75, 3.05) is 13.2 Å². The van der Waals surface area contributed by atoms with E-state index in [1.54, 1.807) is 0 Å². The minimum Gasteiger partial charge on any atom is -0.504 e. The molecule has 142 valence electrons. The molecule has 0 saturated carbocycles. The van der Waals surface area contributed by atoms with E-state index >= 15 is 0 Å². The predicted molar refractivity (Wildman–Crippen MR) is 92.5 cm³/mol. The Bertz CT molecular complexity index is 811. The fourth-order valence-electron chi connectivity index (χ4n) is 2.30. The van der Waals surface area contributed by atoms with Crippen molar-refractivity contribution < 1.29 is 34.0 Å². The van der Waals surface area contributed by atoms with Crippen LogP contribution in [0, 0.1) is 0 Å². The molecular formula is C18H22O8. The Kier molecular flexibility index (Phi) is 6.99. The molecule has 2 rings (SSSR count). The zero-order chi connectivity index (χ0) is 19.1. The Morgan fingerprint density at radius 3 is 2.73 bits per heavy atom. The standard InChI is InChI=1S/C18H22O8/c1-2-3-4-5-8-24-16-15(21)12-7-6-11(9-14(12)26-18(16)23)25-17(22)13(20)10-19/h6-7,9,13,19-21H,2-5,8,10H2,1H3. The molecule has 0 aliphatic carbocycles. The van der Waals surface area contributed by atoms with E-state index in [-0.39, 0.29) is 28.2 Å². The summed E-state index contributed by atoms with van der Waals surface area (Å²) >= 11 is 0.